The van der Waals surface area contributed by atoms with E-state index in [1.54, 1.807) is 67.8 Å². The summed E-state index contributed by atoms with van der Waals surface area (Å²) in [5.74, 6) is -0.00139. The highest BCUT2D eigenvalue weighted by Gasteiger charge is 2.25. The van der Waals surface area contributed by atoms with E-state index in [1.165, 1.54) is 6.08 Å². The zero-order valence-electron chi connectivity index (χ0n) is 17.3. The molecule has 3 aromatic rings. The summed E-state index contributed by atoms with van der Waals surface area (Å²) >= 11 is 3.41. The van der Waals surface area contributed by atoms with Gasteiger partial charge in [0, 0.05) is 15.6 Å². The van der Waals surface area contributed by atoms with Crippen molar-refractivity contribution in [1.29, 1.82) is 0 Å². The summed E-state index contributed by atoms with van der Waals surface area (Å²) in [5, 5.41) is 0. The fraction of sp³-hybridized carbons (Fsp3) is 0.0800. The number of cyclic esters (lactones) is 1. The quantitative estimate of drug-likeness (QED) is 0.274. The Balaban J connectivity index is 1.66. The molecule has 0 bridgehead atoms. The second-order valence-electron chi connectivity index (χ2n) is 7.01. The van der Waals surface area contributed by atoms with Gasteiger partial charge in [-0.2, -0.15) is 0 Å². The van der Waals surface area contributed by atoms with Crippen molar-refractivity contribution in [2.45, 2.75) is 6.92 Å². The second kappa shape index (κ2) is 9.20. The Bertz CT molecular complexity index is 1280. The Morgan fingerprint density at radius 3 is 2.66 bits per heavy atom. The van der Waals surface area contributed by atoms with E-state index in [4.69, 9.17) is 14.2 Å². The first kappa shape index (κ1) is 21.5. The first-order chi connectivity index (χ1) is 15.4. The topological polar surface area (TPSA) is 74.2 Å². The third-order valence-electron chi connectivity index (χ3n) is 4.66. The van der Waals surface area contributed by atoms with Crippen molar-refractivity contribution in [2.75, 3.05) is 7.11 Å². The molecule has 7 heteroatoms. The molecule has 1 heterocycles. The van der Waals surface area contributed by atoms with Gasteiger partial charge in [0.2, 0.25) is 5.90 Å². The van der Waals surface area contributed by atoms with Crippen molar-refractivity contribution >= 4 is 39.8 Å². The molecule has 0 atom stereocenters. The number of ether oxygens (including phenoxy) is 3. The lowest BCUT2D eigenvalue weighted by molar-refractivity contribution is -0.129. The van der Waals surface area contributed by atoms with Crippen molar-refractivity contribution in [1.82, 2.24) is 0 Å². The van der Waals surface area contributed by atoms with E-state index in [-0.39, 0.29) is 11.6 Å². The third kappa shape index (κ3) is 4.78. The number of hydrogen-bond acceptors (Lipinski definition) is 6. The van der Waals surface area contributed by atoms with E-state index in [0.29, 0.717) is 28.2 Å². The molecule has 0 radical (unpaired) electrons. The molecule has 0 amide bonds. The number of benzene rings is 3. The second-order valence-corrected chi connectivity index (χ2v) is 7.92. The summed E-state index contributed by atoms with van der Waals surface area (Å²) in [6, 6.07) is 19.3. The molecule has 0 spiro atoms. The van der Waals surface area contributed by atoms with E-state index in [1.807, 2.05) is 13.0 Å². The molecule has 6 nitrogen and oxygen atoms in total. The zero-order chi connectivity index (χ0) is 22.7. The third-order valence-corrected chi connectivity index (χ3v) is 5.15. The van der Waals surface area contributed by atoms with Crippen LogP contribution < -0.4 is 9.47 Å². The molecule has 3 aromatic carbocycles. The van der Waals surface area contributed by atoms with Gasteiger partial charge < -0.3 is 14.2 Å². The largest absolute Gasteiger partial charge is 0.497 e. The molecule has 160 valence electrons. The van der Waals surface area contributed by atoms with Crippen LogP contribution in [0.25, 0.3) is 6.08 Å². The van der Waals surface area contributed by atoms with Gasteiger partial charge in [-0.1, -0.05) is 39.7 Å². The summed E-state index contributed by atoms with van der Waals surface area (Å²) in [7, 11) is 1.56. The Morgan fingerprint density at radius 2 is 1.88 bits per heavy atom. The lowest BCUT2D eigenvalue weighted by Gasteiger charge is -2.09. The fourth-order valence-corrected chi connectivity index (χ4v) is 3.47. The summed E-state index contributed by atoms with van der Waals surface area (Å²) in [5.41, 5.74) is 2.59. The lowest BCUT2D eigenvalue weighted by Crippen LogP contribution is -2.09. The van der Waals surface area contributed by atoms with E-state index < -0.39 is 11.9 Å². The van der Waals surface area contributed by atoms with Gasteiger partial charge in [-0.3, -0.25) is 0 Å². The van der Waals surface area contributed by atoms with Crippen molar-refractivity contribution < 1.29 is 23.8 Å². The predicted molar refractivity (Wildman–Crippen MR) is 124 cm³/mol. The minimum Gasteiger partial charge on any atom is -0.497 e. The van der Waals surface area contributed by atoms with Crippen LogP contribution in [0.15, 0.2) is 81.9 Å². The summed E-state index contributed by atoms with van der Waals surface area (Å²) in [4.78, 5) is 29.4. The smallest absolute Gasteiger partial charge is 0.363 e. The van der Waals surface area contributed by atoms with Crippen molar-refractivity contribution in [3.63, 3.8) is 0 Å². The molecule has 0 aromatic heterocycles. The molecule has 0 N–H and O–H groups in total. The Kier molecular flexibility index (Phi) is 6.18. The number of aliphatic imine (C=N–C) groups is 1. The van der Waals surface area contributed by atoms with Gasteiger partial charge in [-0.15, -0.1) is 0 Å². The van der Waals surface area contributed by atoms with Gasteiger partial charge in [0.05, 0.1) is 12.7 Å². The molecule has 1 aliphatic heterocycles. The number of halogens is 1. The van der Waals surface area contributed by atoms with Crippen LogP contribution in [0.1, 0.15) is 27.0 Å². The molecule has 1 aliphatic rings. The van der Waals surface area contributed by atoms with Crippen LogP contribution in [0.4, 0.5) is 0 Å². The summed E-state index contributed by atoms with van der Waals surface area (Å²) in [6.45, 7) is 1.90. The maximum atomic E-state index is 12.6. The average molecular weight is 492 g/mol. The van der Waals surface area contributed by atoms with E-state index in [2.05, 4.69) is 20.9 Å². The number of hydrogen-bond donors (Lipinski definition) is 0. The standard InChI is InChI=1S/C25H18BrNO5/c1-15-5-3-7-17(11-15)24(28)31-22-10-9-19(26)12-18(22)14-21-25(29)32-23(27-21)16-6-4-8-20(13-16)30-2/h3-14H,1-2H3/b21-14-. The first-order valence-electron chi connectivity index (χ1n) is 9.68. The minimum absolute atomic E-state index is 0.0915. The monoisotopic (exact) mass is 491 g/mol. The summed E-state index contributed by atoms with van der Waals surface area (Å²) < 4.78 is 16.9. The highest BCUT2D eigenvalue weighted by Crippen LogP contribution is 2.29. The van der Waals surface area contributed by atoms with Gasteiger partial charge >= 0.3 is 11.9 Å². The number of methoxy groups -OCH3 is 1. The van der Waals surface area contributed by atoms with Gasteiger partial charge in [-0.05, 0) is 61.5 Å². The number of carbonyl (C=O) groups excluding carboxylic acids is 2. The highest BCUT2D eigenvalue weighted by molar-refractivity contribution is 9.10. The van der Waals surface area contributed by atoms with Crippen molar-refractivity contribution in [3.8, 4) is 11.5 Å². The number of carbonyl (C=O) groups is 2. The van der Waals surface area contributed by atoms with Crippen molar-refractivity contribution in [3.05, 3.63) is 99.2 Å². The van der Waals surface area contributed by atoms with Crippen LogP contribution in [0.3, 0.4) is 0 Å². The fourth-order valence-electron chi connectivity index (χ4n) is 3.09. The van der Waals surface area contributed by atoms with Crippen LogP contribution in [0, 0.1) is 6.92 Å². The molecule has 0 aliphatic carbocycles. The Labute approximate surface area is 193 Å². The molecule has 0 saturated carbocycles. The molecular formula is C25H18BrNO5. The molecule has 0 unspecified atom stereocenters. The maximum absolute atomic E-state index is 12.6. The van der Waals surface area contributed by atoms with Crippen LogP contribution in [0.2, 0.25) is 0 Å². The van der Waals surface area contributed by atoms with Crippen LogP contribution in [-0.2, 0) is 9.53 Å². The Morgan fingerprint density at radius 1 is 1.06 bits per heavy atom. The maximum Gasteiger partial charge on any atom is 0.363 e. The SMILES string of the molecule is COc1cccc(C2=N/C(=C\c3cc(Br)ccc3OC(=O)c3cccc(C)c3)C(=O)O2)c1. The molecule has 0 saturated heterocycles. The number of aryl methyl sites for hydroxylation is 1. The molecular weight excluding hydrogens is 474 g/mol. The summed E-state index contributed by atoms with van der Waals surface area (Å²) in [6.07, 6.45) is 1.53. The zero-order valence-corrected chi connectivity index (χ0v) is 18.9. The van der Waals surface area contributed by atoms with E-state index in [9.17, 15) is 9.59 Å². The van der Waals surface area contributed by atoms with Gasteiger partial charge in [0.25, 0.3) is 0 Å². The predicted octanol–water partition coefficient (Wildman–Crippen LogP) is 5.33. The normalized spacial score (nSPS) is 14.2. The number of nitrogens with zero attached hydrogens (tertiary/aromatic N) is 1. The molecule has 0 fully saturated rings. The molecule has 4 rings (SSSR count). The number of rotatable bonds is 5. The van der Waals surface area contributed by atoms with Crippen LogP contribution in [0.5, 0.6) is 11.5 Å². The Hall–Kier alpha value is -3.71. The average Bonchev–Trinajstić information content (AvgIpc) is 3.16. The lowest BCUT2D eigenvalue weighted by atomic mass is 10.1. The van der Waals surface area contributed by atoms with Gasteiger partial charge in [0.15, 0.2) is 5.70 Å². The first-order valence-corrected chi connectivity index (χ1v) is 10.5. The van der Waals surface area contributed by atoms with Crippen LogP contribution in [-0.4, -0.2) is 24.9 Å². The van der Waals surface area contributed by atoms with Gasteiger partial charge in [-0.25, -0.2) is 14.6 Å². The van der Waals surface area contributed by atoms with E-state index in [0.717, 1.165) is 10.0 Å². The number of esters is 2. The van der Waals surface area contributed by atoms with E-state index >= 15 is 0 Å². The van der Waals surface area contributed by atoms with Gasteiger partial charge in [0.1, 0.15) is 11.5 Å². The molecule has 32 heavy (non-hydrogen) atoms. The van der Waals surface area contributed by atoms with Crippen LogP contribution >= 0.6 is 15.9 Å². The minimum atomic E-state index is -0.598. The highest BCUT2D eigenvalue weighted by atomic mass is 79.9. The van der Waals surface area contributed by atoms with Crippen molar-refractivity contribution in [2.24, 2.45) is 4.99 Å².